The lowest BCUT2D eigenvalue weighted by molar-refractivity contribution is -0.127. The predicted molar refractivity (Wildman–Crippen MR) is 75.7 cm³/mol. The number of nitrogens with zero attached hydrogens (tertiary/aromatic N) is 1. The summed E-state index contributed by atoms with van der Waals surface area (Å²) in [5, 5.41) is 6.51. The van der Waals surface area contributed by atoms with E-state index in [4.69, 9.17) is 0 Å². The first-order chi connectivity index (χ1) is 8.60. The fraction of sp³-hybridized carbons (Fsp3) is 0.929. The fourth-order valence-corrected chi connectivity index (χ4v) is 2.68. The molecule has 0 bridgehead atoms. The Kier molecular flexibility index (Phi) is 6.65. The number of rotatable bonds is 8. The van der Waals surface area contributed by atoms with E-state index in [1.54, 1.807) is 0 Å². The van der Waals surface area contributed by atoms with E-state index >= 15 is 0 Å². The molecule has 0 aromatic carbocycles. The zero-order valence-electron chi connectivity index (χ0n) is 12.2. The van der Waals surface area contributed by atoms with Crippen LogP contribution in [0.25, 0.3) is 0 Å². The summed E-state index contributed by atoms with van der Waals surface area (Å²) in [7, 11) is 4.16. The molecule has 1 aliphatic rings. The monoisotopic (exact) mass is 255 g/mol. The summed E-state index contributed by atoms with van der Waals surface area (Å²) in [6.45, 7) is 5.02. The molecule has 18 heavy (non-hydrogen) atoms. The van der Waals surface area contributed by atoms with E-state index in [0.29, 0.717) is 0 Å². The molecule has 4 nitrogen and oxygen atoms in total. The van der Waals surface area contributed by atoms with Gasteiger partial charge in [0, 0.05) is 6.54 Å². The molecule has 2 N–H and O–H groups in total. The van der Waals surface area contributed by atoms with Gasteiger partial charge < -0.3 is 15.5 Å². The highest BCUT2D eigenvalue weighted by Crippen LogP contribution is 2.24. The standard InChI is InChI=1S/C14H29N3O/c1-4-8-14(9-7-11-16-14)13(18)15-10-5-6-12-17(2)3/h16H,4-12H2,1-3H3,(H,15,18). The van der Waals surface area contributed by atoms with Gasteiger partial charge in [0.15, 0.2) is 0 Å². The van der Waals surface area contributed by atoms with Gasteiger partial charge in [-0.1, -0.05) is 13.3 Å². The lowest BCUT2D eigenvalue weighted by Crippen LogP contribution is -2.53. The Morgan fingerprint density at radius 2 is 2.17 bits per heavy atom. The zero-order chi connectivity index (χ0) is 13.4. The number of unbranched alkanes of at least 4 members (excludes halogenated alkanes) is 1. The van der Waals surface area contributed by atoms with Crippen LogP contribution < -0.4 is 10.6 Å². The molecule has 1 aliphatic heterocycles. The van der Waals surface area contributed by atoms with Gasteiger partial charge in [-0.2, -0.15) is 0 Å². The van der Waals surface area contributed by atoms with Gasteiger partial charge in [0.05, 0.1) is 5.54 Å². The van der Waals surface area contributed by atoms with Crippen molar-refractivity contribution < 1.29 is 4.79 Å². The Bertz CT molecular complexity index is 247. The van der Waals surface area contributed by atoms with Crippen molar-refractivity contribution in [1.82, 2.24) is 15.5 Å². The van der Waals surface area contributed by atoms with Crippen LogP contribution in [-0.4, -0.2) is 50.1 Å². The second kappa shape index (κ2) is 7.74. The van der Waals surface area contributed by atoms with Crippen LogP contribution in [0.15, 0.2) is 0 Å². The second-order valence-electron chi connectivity index (χ2n) is 5.63. The van der Waals surface area contributed by atoms with Gasteiger partial charge in [-0.05, 0) is 59.3 Å². The van der Waals surface area contributed by atoms with Gasteiger partial charge in [-0.25, -0.2) is 0 Å². The van der Waals surface area contributed by atoms with Crippen LogP contribution in [0.3, 0.4) is 0 Å². The molecule has 4 heteroatoms. The number of nitrogens with one attached hydrogen (secondary N) is 2. The smallest absolute Gasteiger partial charge is 0.240 e. The third-order valence-electron chi connectivity index (χ3n) is 3.67. The average Bonchev–Trinajstić information content (AvgIpc) is 2.78. The summed E-state index contributed by atoms with van der Waals surface area (Å²) in [5.41, 5.74) is -0.268. The molecule has 1 fully saturated rings. The van der Waals surface area contributed by atoms with Crippen molar-refractivity contribution >= 4 is 5.91 Å². The van der Waals surface area contributed by atoms with Crippen LogP contribution in [-0.2, 0) is 4.79 Å². The minimum atomic E-state index is -0.268. The summed E-state index contributed by atoms with van der Waals surface area (Å²) in [5.74, 6) is 0.215. The van der Waals surface area contributed by atoms with Crippen molar-refractivity contribution in [3.63, 3.8) is 0 Å². The van der Waals surface area contributed by atoms with Crippen molar-refractivity contribution in [1.29, 1.82) is 0 Å². The van der Waals surface area contributed by atoms with Crippen LogP contribution in [0.2, 0.25) is 0 Å². The summed E-state index contributed by atoms with van der Waals surface area (Å²) >= 11 is 0. The molecule has 0 aromatic heterocycles. The van der Waals surface area contributed by atoms with Gasteiger partial charge in [0.2, 0.25) is 5.91 Å². The number of hydrogen-bond donors (Lipinski definition) is 2. The lowest BCUT2D eigenvalue weighted by atomic mass is 9.91. The highest BCUT2D eigenvalue weighted by Gasteiger charge is 2.39. The SMILES string of the molecule is CCCC1(C(=O)NCCCCN(C)C)CCCN1. The van der Waals surface area contributed by atoms with E-state index in [0.717, 1.165) is 58.2 Å². The van der Waals surface area contributed by atoms with Crippen molar-refractivity contribution in [3.05, 3.63) is 0 Å². The zero-order valence-corrected chi connectivity index (χ0v) is 12.2. The Labute approximate surface area is 111 Å². The van der Waals surface area contributed by atoms with Crippen LogP contribution in [0, 0.1) is 0 Å². The summed E-state index contributed by atoms with van der Waals surface area (Å²) in [4.78, 5) is 14.4. The van der Waals surface area contributed by atoms with Gasteiger partial charge >= 0.3 is 0 Å². The molecule has 0 saturated carbocycles. The summed E-state index contributed by atoms with van der Waals surface area (Å²) in [6, 6.07) is 0. The largest absolute Gasteiger partial charge is 0.354 e. The Morgan fingerprint density at radius 3 is 2.72 bits per heavy atom. The van der Waals surface area contributed by atoms with E-state index < -0.39 is 0 Å². The second-order valence-corrected chi connectivity index (χ2v) is 5.63. The third-order valence-corrected chi connectivity index (χ3v) is 3.67. The molecule has 1 rings (SSSR count). The molecule has 1 saturated heterocycles. The molecule has 1 unspecified atom stereocenters. The molecule has 0 aliphatic carbocycles. The van der Waals surface area contributed by atoms with Crippen LogP contribution in [0.4, 0.5) is 0 Å². The van der Waals surface area contributed by atoms with Crippen molar-refractivity contribution in [2.24, 2.45) is 0 Å². The molecule has 0 spiro atoms. The van der Waals surface area contributed by atoms with E-state index in [2.05, 4.69) is 36.6 Å². The minimum Gasteiger partial charge on any atom is -0.354 e. The predicted octanol–water partition coefficient (Wildman–Crippen LogP) is 1.37. The van der Waals surface area contributed by atoms with Crippen LogP contribution >= 0.6 is 0 Å². The lowest BCUT2D eigenvalue weighted by Gasteiger charge is -2.27. The first-order valence-corrected chi connectivity index (χ1v) is 7.29. The first-order valence-electron chi connectivity index (χ1n) is 7.29. The first kappa shape index (κ1) is 15.4. The van der Waals surface area contributed by atoms with Crippen LogP contribution in [0.1, 0.15) is 45.4 Å². The van der Waals surface area contributed by atoms with E-state index in [-0.39, 0.29) is 11.4 Å². The maximum Gasteiger partial charge on any atom is 0.240 e. The molecule has 0 aromatic rings. The molecule has 1 atom stereocenters. The maximum absolute atomic E-state index is 12.3. The molecular formula is C14H29N3O. The Balaban J connectivity index is 2.25. The van der Waals surface area contributed by atoms with E-state index in [1.165, 1.54) is 0 Å². The number of carbonyl (C=O) groups is 1. The topological polar surface area (TPSA) is 44.4 Å². The molecule has 1 heterocycles. The van der Waals surface area contributed by atoms with E-state index in [1.807, 2.05) is 0 Å². The average molecular weight is 255 g/mol. The quantitative estimate of drug-likeness (QED) is 0.644. The van der Waals surface area contributed by atoms with Crippen LogP contribution in [0.5, 0.6) is 0 Å². The summed E-state index contributed by atoms with van der Waals surface area (Å²) in [6.07, 6.45) is 6.32. The van der Waals surface area contributed by atoms with E-state index in [9.17, 15) is 4.79 Å². The number of amides is 1. The minimum absolute atomic E-state index is 0.215. The molecule has 0 radical (unpaired) electrons. The van der Waals surface area contributed by atoms with Gasteiger partial charge in [0.25, 0.3) is 0 Å². The maximum atomic E-state index is 12.3. The molecule has 1 amide bonds. The van der Waals surface area contributed by atoms with Crippen molar-refractivity contribution in [3.8, 4) is 0 Å². The number of carbonyl (C=O) groups excluding carboxylic acids is 1. The van der Waals surface area contributed by atoms with Gasteiger partial charge in [-0.15, -0.1) is 0 Å². The van der Waals surface area contributed by atoms with Crippen molar-refractivity contribution in [2.45, 2.75) is 51.0 Å². The third kappa shape index (κ3) is 4.58. The van der Waals surface area contributed by atoms with Crippen molar-refractivity contribution in [2.75, 3.05) is 33.7 Å². The fourth-order valence-electron chi connectivity index (χ4n) is 2.68. The molecular weight excluding hydrogens is 226 g/mol. The van der Waals surface area contributed by atoms with Gasteiger partial charge in [-0.3, -0.25) is 4.79 Å². The normalized spacial score (nSPS) is 23.6. The van der Waals surface area contributed by atoms with Gasteiger partial charge in [0.1, 0.15) is 0 Å². The highest BCUT2D eigenvalue weighted by molar-refractivity contribution is 5.86. The Morgan fingerprint density at radius 1 is 1.39 bits per heavy atom. The summed E-state index contributed by atoms with van der Waals surface area (Å²) < 4.78 is 0. The highest BCUT2D eigenvalue weighted by atomic mass is 16.2. The molecule has 106 valence electrons. The Hall–Kier alpha value is -0.610. The number of hydrogen-bond acceptors (Lipinski definition) is 3.